The summed E-state index contributed by atoms with van der Waals surface area (Å²) in [5.74, 6) is -0.356. The van der Waals surface area contributed by atoms with Crippen LogP contribution in [0.2, 0.25) is 0 Å². The molecule has 0 radical (unpaired) electrons. The number of nitrogens with zero attached hydrogens (tertiary/aromatic N) is 1. The van der Waals surface area contributed by atoms with Gasteiger partial charge in [0.15, 0.2) is 0 Å². The zero-order valence-corrected chi connectivity index (χ0v) is 12.5. The molecule has 4 nitrogen and oxygen atoms in total. The fraction of sp³-hybridized carbons (Fsp3) is 0.375. The molecule has 1 amide bonds. The molecule has 5 heteroatoms. The third kappa shape index (κ3) is 3.68. The lowest BCUT2D eigenvalue weighted by molar-refractivity contribution is -0.121. The molecule has 1 aromatic heterocycles. The molecule has 2 N–H and O–H groups in total. The fourth-order valence-corrected chi connectivity index (χ4v) is 2.53. The van der Waals surface area contributed by atoms with Crippen LogP contribution in [0.4, 0.5) is 4.39 Å². The second-order valence-electron chi connectivity index (χ2n) is 5.23. The Labute approximate surface area is 123 Å². The standard InChI is InChI=1S/C16H20FN3O/c1-10(16-11(2)19-20-12(16)3)18-15(21)9-8-13-6-4-5-7-14(13)17/h4-7,10H,8-9H2,1-3H3,(H,18,21)(H,19,20)/t10-/m0/s1. The molecule has 1 heterocycles. The molecule has 0 saturated carbocycles. The van der Waals surface area contributed by atoms with Gasteiger partial charge in [-0.25, -0.2) is 4.39 Å². The number of hydrogen-bond donors (Lipinski definition) is 2. The van der Waals surface area contributed by atoms with Crippen molar-refractivity contribution < 1.29 is 9.18 Å². The molecule has 1 atom stereocenters. The molecule has 1 aromatic carbocycles. The highest BCUT2D eigenvalue weighted by Crippen LogP contribution is 2.19. The summed E-state index contributed by atoms with van der Waals surface area (Å²) < 4.78 is 13.5. The number of aromatic nitrogens is 2. The minimum absolute atomic E-state index is 0.0919. The number of nitrogens with one attached hydrogen (secondary N) is 2. The van der Waals surface area contributed by atoms with Crippen molar-refractivity contribution in [1.82, 2.24) is 15.5 Å². The first-order valence-corrected chi connectivity index (χ1v) is 7.03. The number of H-pyrrole nitrogens is 1. The number of benzene rings is 1. The van der Waals surface area contributed by atoms with Crippen molar-refractivity contribution in [1.29, 1.82) is 0 Å². The van der Waals surface area contributed by atoms with Crippen LogP contribution in [0.5, 0.6) is 0 Å². The number of aryl methyl sites for hydroxylation is 3. The summed E-state index contributed by atoms with van der Waals surface area (Å²) in [6.07, 6.45) is 0.662. The lowest BCUT2D eigenvalue weighted by Crippen LogP contribution is -2.27. The van der Waals surface area contributed by atoms with Gasteiger partial charge in [-0.05, 0) is 38.8 Å². The smallest absolute Gasteiger partial charge is 0.220 e. The van der Waals surface area contributed by atoms with Gasteiger partial charge in [0.25, 0.3) is 0 Å². The summed E-state index contributed by atoms with van der Waals surface area (Å²) >= 11 is 0. The third-order valence-corrected chi connectivity index (χ3v) is 3.57. The normalized spacial score (nSPS) is 12.2. The van der Waals surface area contributed by atoms with Crippen LogP contribution in [-0.4, -0.2) is 16.1 Å². The third-order valence-electron chi connectivity index (χ3n) is 3.57. The first-order valence-electron chi connectivity index (χ1n) is 7.03. The van der Waals surface area contributed by atoms with E-state index in [4.69, 9.17) is 0 Å². The van der Waals surface area contributed by atoms with Gasteiger partial charge in [-0.1, -0.05) is 18.2 Å². The van der Waals surface area contributed by atoms with Gasteiger partial charge < -0.3 is 5.32 Å². The van der Waals surface area contributed by atoms with Crippen molar-refractivity contribution in [3.63, 3.8) is 0 Å². The Bertz CT molecular complexity index is 617. The van der Waals surface area contributed by atoms with Crippen molar-refractivity contribution in [3.05, 3.63) is 52.6 Å². The quantitative estimate of drug-likeness (QED) is 0.889. The van der Waals surface area contributed by atoms with Crippen LogP contribution >= 0.6 is 0 Å². The molecule has 0 aliphatic carbocycles. The number of carbonyl (C=O) groups excluding carboxylic acids is 1. The van der Waals surface area contributed by atoms with E-state index in [1.807, 2.05) is 20.8 Å². The topological polar surface area (TPSA) is 57.8 Å². The van der Waals surface area contributed by atoms with Gasteiger partial charge in [-0.3, -0.25) is 9.89 Å². The van der Waals surface area contributed by atoms with Gasteiger partial charge in [0.2, 0.25) is 5.91 Å². The van der Waals surface area contributed by atoms with Crippen LogP contribution in [0, 0.1) is 19.7 Å². The lowest BCUT2D eigenvalue weighted by atomic mass is 10.1. The molecule has 112 valence electrons. The van der Waals surface area contributed by atoms with Gasteiger partial charge in [0.1, 0.15) is 5.82 Å². The molecular weight excluding hydrogens is 269 g/mol. The van der Waals surface area contributed by atoms with Crippen molar-refractivity contribution in [2.24, 2.45) is 0 Å². The molecule has 0 fully saturated rings. The maximum atomic E-state index is 13.5. The molecule has 21 heavy (non-hydrogen) atoms. The summed E-state index contributed by atoms with van der Waals surface area (Å²) in [7, 11) is 0. The van der Waals surface area contributed by atoms with Crippen LogP contribution in [0.15, 0.2) is 24.3 Å². The monoisotopic (exact) mass is 289 g/mol. The van der Waals surface area contributed by atoms with Crippen molar-refractivity contribution >= 4 is 5.91 Å². The molecule has 0 spiro atoms. The Kier molecular flexibility index (Phi) is 4.73. The Morgan fingerprint density at radius 3 is 2.71 bits per heavy atom. The molecule has 0 unspecified atom stereocenters. The summed E-state index contributed by atoms with van der Waals surface area (Å²) in [5.41, 5.74) is 3.41. The van der Waals surface area contributed by atoms with E-state index in [0.29, 0.717) is 12.0 Å². The number of hydrogen-bond acceptors (Lipinski definition) is 2. The van der Waals surface area contributed by atoms with Gasteiger partial charge in [-0.15, -0.1) is 0 Å². The van der Waals surface area contributed by atoms with Crippen LogP contribution in [0.1, 0.15) is 41.9 Å². The van der Waals surface area contributed by atoms with Gasteiger partial charge in [0.05, 0.1) is 11.7 Å². The number of aromatic amines is 1. The average molecular weight is 289 g/mol. The van der Waals surface area contributed by atoms with Crippen molar-refractivity contribution in [2.75, 3.05) is 0 Å². The Morgan fingerprint density at radius 1 is 1.38 bits per heavy atom. The number of carbonyl (C=O) groups is 1. The Balaban J connectivity index is 1.92. The first kappa shape index (κ1) is 15.2. The van der Waals surface area contributed by atoms with E-state index in [0.717, 1.165) is 17.0 Å². The maximum absolute atomic E-state index is 13.5. The maximum Gasteiger partial charge on any atom is 0.220 e. The Hall–Kier alpha value is -2.17. The zero-order valence-electron chi connectivity index (χ0n) is 12.5. The van der Waals surface area contributed by atoms with E-state index in [-0.39, 0.29) is 24.2 Å². The molecular formula is C16H20FN3O. The summed E-state index contributed by atoms with van der Waals surface area (Å²) in [6, 6.07) is 6.42. The SMILES string of the molecule is Cc1n[nH]c(C)c1[C@H](C)NC(=O)CCc1ccccc1F. The molecule has 0 aliphatic rings. The summed E-state index contributed by atoms with van der Waals surface area (Å²) in [5, 5.41) is 9.96. The van der Waals surface area contributed by atoms with Gasteiger partial charge in [-0.2, -0.15) is 5.10 Å². The average Bonchev–Trinajstić information content (AvgIpc) is 2.77. The highest BCUT2D eigenvalue weighted by Gasteiger charge is 2.16. The largest absolute Gasteiger partial charge is 0.349 e. The van der Waals surface area contributed by atoms with E-state index < -0.39 is 0 Å². The molecule has 2 aromatic rings. The summed E-state index contributed by atoms with van der Waals surface area (Å²) in [6.45, 7) is 5.75. The van der Waals surface area contributed by atoms with E-state index in [2.05, 4.69) is 15.5 Å². The van der Waals surface area contributed by atoms with E-state index in [1.54, 1.807) is 18.2 Å². The molecule has 2 rings (SSSR count). The molecule has 0 saturated heterocycles. The molecule has 0 aliphatic heterocycles. The summed E-state index contributed by atoms with van der Waals surface area (Å²) in [4.78, 5) is 12.0. The van der Waals surface area contributed by atoms with E-state index >= 15 is 0 Å². The van der Waals surface area contributed by atoms with E-state index in [9.17, 15) is 9.18 Å². The number of halogens is 1. The van der Waals surface area contributed by atoms with Gasteiger partial charge in [0, 0.05) is 17.7 Å². The second-order valence-corrected chi connectivity index (χ2v) is 5.23. The second kappa shape index (κ2) is 6.52. The zero-order chi connectivity index (χ0) is 15.4. The molecule has 0 bridgehead atoms. The van der Waals surface area contributed by atoms with Crippen LogP contribution in [0.3, 0.4) is 0 Å². The first-order chi connectivity index (χ1) is 9.99. The predicted molar refractivity (Wildman–Crippen MR) is 79.3 cm³/mol. The van der Waals surface area contributed by atoms with Crippen LogP contribution < -0.4 is 5.32 Å². The highest BCUT2D eigenvalue weighted by molar-refractivity contribution is 5.76. The Morgan fingerprint density at radius 2 is 2.10 bits per heavy atom. The van der Waals surface area contributed by atoms with Crippen LogP contribution in [-0.2, 0) is 11.2 Å². The number of amides is 1. The minimum Gasteiger partial charge on any atom is -0.349 e. The highest BCUT2D eigenvalue weighted by atomic mass is 19.1. The lowest BCUT2D eigenvalue weighted by Gasteiger charge is -2.14. The van der Waals surface area contributed by atoms with E-state index in [1.165, 1.54) is 6.07 Å². The minimum atomic E-state index is -0.264. The fourth-order valence-electron chi connectivity index (χ4n) is 2.53. The number of rotatable bonds is 5. The van der Waals surface area contributed by atoms with Crippen LogP contribution in [0.25, 0.3) is 0 Å². The predicted octanol–water partition coefficient (Wildman–Crippen LogP) is 2.98. The van der Waals surface area contributed by atoms with Crippen molar-refractivity contribution in [3.8, 4) is 0 Å². The van der Waals surface area contributed by atoms with Crippen molar-refractivity contribution in [2.45, 2.75) is 39.7 Å². The van der Waals surface area contributed by atoms with Gasteiger partial charge >= 0.3 is 0 Å².